The first-order valence-corrected chi connectivity index (χ1v) is 9.31. The van der Waals surface area contributed by atoms with Gasteiger partial charge < -0.3 is 4.74 Å². The quantitative estimate of drug-likeness (QED) is 0.743. The second-order valence-electron chi connectivity index (χ2n) is 5.17. The van der Waals surface area contributed by atoms with Gasteiger partial charge in [-0.15, -0.1) is 0 Å². The Morgan fingerprint density at radius 2 is 2.05 bits per heavy atom. The van der Waals surface area contributed by atoms with Gasteiger partial charge in [-0.05, 0) is 53.9 Å². The highest BCUT2D eigenvalue weighted by Crippen LogP contribution is 2.32. The summed E-state index contributed by atoms with van der Waals surface area (Å²) in [4.78, 5) is 0.284. The normalized spacial score (nSPS) is 24.8. The van der Waals surface area contributed by atoms with Crippen LogP contribution in [0, 0.1) is 0 Å². The lowest BCUT2D eigenvalue weighted by Crippen LogP contribution is -2.49. The first-order chi connectivity index (χ1) is 9.28. The highest BCUT2D eigenvalue weighted by Gasteiger charge is 2.37. The predicted molar refractivity (Wildman–Crippen MR) is 85.2 cm³/mol. The summed E-state index contributed by atoms with van der Waals surface area (Å²) in [6, 6.07) is 5.16. The molecule has 1 unspecified atom stereocenters. The molecule has 0 N–H and O–H groups in total. The number of halogens is 2. The lowest BCUT2D eigenvalue weighted by Gasteiger charge is -2.38. The molecule has 0 radical (unpaired) electrons. The molecule has 7 heteroatoms. The minimum atomic E-state index is -3.52. The molecule has 4 nitrogen and oxygen atoms in total. The molecule has 2 rings (SSSR count). The van der Waals surface area contributed by atoms with Gasteiger partial charge in [0.15, 0.2) is 0 Å². The van der Waals surface area contributed by atoms with Crippen LogP contribution < -0.4 is 0 Å². The Morgan fingerprint density at radius 3 is 2.70 bits per heavy atom. The van der Waals surface area contributed by atoms with E-state index >= 15 is 0 Å². The Labute approximate surface area is 136 Å². The summed E-state index contributed by atoms with van der Waals surface area (Å²) < 4.78 is 33.9. The van der Waals surface area contributed by atoms with Crippen molar-refractivity contribution in [3.05, 3.63) is 27.1 Å². The van der Waals surface area contributed by atoms with Gasteiger partial charge in [0.25, 0.3) is 0 Å². The summed E-state index contributed by atoms with van der Waals surface area (Å²) in [5.74, 6) is 0. The molecule has 20 heavy (non-hydrogen) atoms. The van der Waals surface area contributed by atoms with Crippen molar-refractivity contribution in [3.63, 3.8) is 0 Å². The number of sulfonamides is 1. The van der Waals surface area contributed by atoms with Crippen molar-refractivity contribution in [1.29, 1.82) is 0 Å². The number of nitrogens with zero attached hydrogens (tertiary/aromatic N) is 1. The summed E-state index contributed by atoms with van der Waals surface area (Å²) in [6.45, 7) is 2.86. The lowest BCUT2D eigenvalue weighted by atomic mass is 9.96. The molecular formula is C13H17Br2NO3S. The van der Waals surface area contributed by atoms with Crippen LogP contribution in [0.3, 0.4) is 0 Å². The number of hydrogen-bond acceptors (Lipinski definition) is 3. The number of benzene rings is 1. The van der Waals surface area contributed by atoms with Gasteiger partial charge in [-0.25, -0.2) is 8.42 Å². The fraction of sp³-hybridized carbons (Fsp3) is 0.538. The van der Waals surface area contributed by atoms with E-state index in [2.05, 4.69) is 31.9 Å². The van der Waals surface area contributed by atoms with E-state index in [0.29, 0.717) is 17.6 Å². The summed E-state index contributed by atoms with van der Waals surface area (Å²) >= 11 is 6.64. The molecule has 1 saturated heterocycles. The van der Waals surface area contributed by atoms with Crippen molar-refractivity contribution in [1.82, 2.24) is 4.31 Å². The molecule has 112 valence electrons. The molecule has 0 saturated carbocycles. The number of methoxy groups -OCH3 is 1. The Balaban J connectivity index is 2.37. The van der Waals surface area contributed by atoms with Gasteiger partial charge in [0.05, 0.1) is 10.5 Å². The van der Waals surface area contributed by atoms with Crippen molar-refractivity contribution in [2.45, 2.75) is 30.3 Å². The van der Waals surface area contributed by atoms with Crippen LogP contribution >= 0.6 is 31.9 Å². The van der Waals surface area contributed by atoms with E-state index in [1.165, 1.54) is 4.31 Å². The smallest absolute Gasteiger partial charge is 0.244 e. The molecular weight excluding hydrogens is 410 g/mol. The second kappa shape index (κ2) is 6.04. The molecule has 1 aliphatic heterocycles. The number of hydrogen-bond donors (Lipinski definition) is 0. The standard InChI is InChI=1S/C13H17Br2NO3S/c1-13(19-2)6-3-7-16(9-13)20(17,18)12-8-10(14)4-5-11(12)15/h4-5,8H,3,6-7,9H2,1-2H3. The number of piperidine rings is 1. The summed E-state index contributed by atoms with van der Waals surface area (Å²) in [6.07, 6.45) is 1.67. The van der Waals surface area contributed by atoms with Gasteiger partial charge in [0, 0.05) is 29.1 Å². The van der Waals surface area contributed by atoms with Crippen LogP contribution in [0.2, 0.25) is 0 Å². The maximum absolute atomic E-state index is 12.8. The molecule has 0 bridgehead atoms. The molecule has 0 spiro atoms. The highest BCUT2D eigenvalue weighted by molar-refractivity contribution is 9.11. The third-order valence-electron chi connectivity index (χ3n) is 3.63. The van der Waals surface area contributed by atoms with Crippen molar-refractivity contribution >= 4 is 41.9 Å². The molecule has 1 atom stereocenters. The van der Waals surface area contributed by atoms with E-state index in [1.807, 2.05) is 6.92 Å². The third kappa shape index (κ3) is 3.27. The van der Waals surface area contributed by atoms with E-state index in [1.54, 1.807) is 25.3 Å². The van der Waals surface area contributed by atoms with Gasteiger partial charge in [-0.1, -0.05) is 15.9 Å². The van der Waals surface area contributed by atoms with E-state index < -0.39 is 15.6 Å². The van der Waals surface area contributed by atoms with Crippen LogP contribution in [0.15, 0.2) is 32.0 Å². The molecule has 1 aromatic rings. The SMILES string of the molecule is COC1(C)CCCN(S(=O)(=O)c2cc(Br)ccc2Br)C1. The Kier molecular flexibility index (Phi) is 4.96. The average Bonchev–Trinajstić information content (AvgIpc) is 2.41. The second-order valence-corrected chi connectivity index (χ2v) is 8.85. The predicted octanol–water partition coefficient (Wildman–Crippen LogP) is 3.40. The zero-order valence-corrected chi connectivity index (χ0v) is 15.4. The first kappa shape index (κ1) is 16.4. The van der Waals surface area contributed by atoms with Crippen molar-refractivity contribution < 1.29 is 13.2 Å². The van der Waals surface area contributed by atoms with E-state index in [0.717, 1.165) is 17.3 Å². The van der Waals surface area contributed by atoms with Crippen molar-refractivity contribution in [2.24, 2.45) is 0 Å². The Hall–Kier alpha value is 0.0500. The molecule has 1 heterocycles. The minimum absolute atomic E-state index is 0.284. The van der Waals surface area contributed by atoms with Crippen LogP contribution in [0.5, 0.6) is 0 Å². The van der Waals surface area contributed by atoms with Crippen molar-refractivity contribution in [2.75, 3.05) is 20.2 Å². The largest absolute Gasteiger partial charge is 0.377 e. The first-order valence-electron chi connectivity index (χ1n) is 6.29. The topological polar surface area (TPSA) is 46.6 Å². The lowest BCUT2D eigenvalue weighted by molar-refractivity contribution is -0.0319. The summed E-state index contributed by atoms with van der Waals surface area (Å²) in [5.41, 5.74) is -0.413. The van der Waals surface area contributed by atoms with Crippen LogP contribution in [0.25, 0.3) is 0 Å². The van der Waals surface area contributed by atoms with E-state index in [-0.39, 0.29) is 4.90 Å². The third-order valence-corrected chi connectivity index (χ3v) is 6.96. The fourth-order valence-electron chi connectivity index (χ4n) is 2.35. The van der Waals surface area contributed by atoms with Gasteiger partial charge >= 0.3 is 0 Å². The molecule has 0 amide bonds. The average molecular weight is 427 g/mol. The van der Waals surface area contributed by atoms with Gasteiger partial charge in [0.2, 0.25) is 10.0 Å². The number of ether oxygens (including phenoxy) is 1. The molecule has 0 aromatic heterocycles. The van der Waals surface area contributed by atoms with Crippen LogP contribution in [-0.4, -0.2) is 38.5 Å². The zero-order chi connectivity index (χ0) is 15.0. The maximum atomic E-state index is 12.8. The van der Waals surface area contributed by atoms with Gasteiger partial charge in [-0.2, -0.15) is 4.31 Å². The molecule has 0 aliphatic carbocycles. The fourth-order valence-corrected chi connectivity index (χ4v) is 5.40. The summed E-state index contributed by atoms with van der Waals surface area (Å²) in [7, 11) is -1.89. The van der Waals surface area contributed by atoms with E-state index in [4.69, 9.17) is 4.74 Å². The van der Waals surface area contributed by atoms with Crippen LogP contribution in [-0.2, 0) is 14.8 Å². The molecule has 1 fully saturated rings. The Bertz CT molecular complexity index is 606. The molecule has 1 aromatic carbocycles. The van der Waals surface area contributed by atoms with Crippen LogP contribution in [0.1, 0.15) is 19.8 Å². The Morgan fingerprint density at radius 1 is 1.35 bits per heavy atom. The van der Waals surface area contributed by atoms with Gasteiger partial charge in [0.1, 0.15) is 0 Å². The zero-order valence-electron chi connectivity index (χ0n) is 11.4. The van der Waals surface area contributed by atoms with Gasteiger partial charge in [-0.3, -0.25) is 0 Å². The monoisotopic (exact) mass is 425 g/mol. The summed E-state index contributed by atoms with van der Waals surface area (Å²) in [5, 5.41) is 0. The highest BCUT2D eigenvalue weighted by atomic mass is 79.9. The number of rotatable bonds is 3. The van der Waals surface area contributed by atoms with E-state index in [9.17, 15) is 8.42 Å². The maximum Gasteiger partial charge on any atom is 0.244 e. The molecule has 1 aliphatic rings. The van der Waals surface area contributed by atoms with Crippen molar-refractivity contribution in [3.8, 4) is 0 Å². The van der Waals surface area contributed by atoms with Crippen LogP contribution in [0.4, 0.5) is 0 Å². The minimum Gasteiger partial charge on any atom is -0.377 e.